The van der Waals surface area contributed by atoms with Crippen molar-refractivity contribution < 1.29 is 9.59 Å². The summed E-state index contributed by atoms with van der Waals surface area (Å²) in [4.78, 5) is 37.8. The third kappa shape index (κ3) is 3.53. The highest BCUT2D eigenvalue weighted by atomic mass is 16.2. The summed E-state index contributed by atoms with van der Waals surface area (Å²) < 4.78 is 0. The van der Waals surface area contributed by atoms with E-state index in [1.807, 2.05) is 37.3 Å². The number of likely N-dealkylation sites (tertiary alicyclic amines) is 1. The molecule has 0 unspecified atom stereocenters. The number of aromatic amines is 1. The van der Waals surface area contributed by atoms with E-state index in [0.29, 0.717) is 24.3 Å². The molecule has 3 heterocycles. The van der Waals surface area contributed by atoms with Crippen LogP contribution in [0.2, 0.25) is 0 Å². The molecule has 1 aromatic carbocycles. The van der Waals surface area contributed by atoms with E-state index in [1.54, 1.807) is 11.1 Å². The van der Waals surface area contributed by atoms with E-state index in [2.05, 4.69) is 20.3 Å². The second-order valence-corrected chi connectivity index (χ2v) is 6.94. The molecule has 1 atom stereocenters. The van der Waals surface area contributed by atoms with Gasteiger partial charge in [-0.1, -0.05) is 12.1 Å². The molecule has 4 rings (SSSR count). The van der Waals surface area contributed by atoms with Crippen LogP contribution in [0.4, 0.5) is 0 Å². The maximum atomic E-state index is 12.9. The molecule has 2 N–H and O–H groups in total. The lowest BCUT2D eigenvalue weighted by Crippen LogP contribution is -2.37. The van der Waals surface area contributed by atoms with E-state index in [0.717, 1.165) is 28.9 Å². The number of imidazole rings is 1. The van der Waals surface area contributed by atoms with Crippen LogP contribution in [0.5, 0.6) is 0 Å². The Hall–Kier alpha value is -3.22. The Morgan fingerprint density at radius 2 is 2.11 bits per heavy atom. The van der Waals surface area contributed by atoms with Gasteiger partial charge in [0.05, 0.1) is 5.52 Å². The lowest BCUT2D eigenvalue weighted by Gasteiger charge is -2.17. The predicted octanol–water partition coefficient (Wildman–Crippen LogP) is 2.28. The zero-order chi connectivity index (χ0) is 19.0. The zero-order valence-corrected chi connectivity index (χ0v) is 15.3. The third-order valence-corrected chi connectivity index (χ3v) is 4.78. The van der Waals surface area contributed by atoms with Gasteiger partial charge in [0.2, 0.25) is 5.91 Å². The van der Waals surface area contributed by atoms with Crippen LogP contribution in [-0.2, 0) is 4.79 Å². The van der Waals surface area contributed by atoms with Crippen LogP contribution in [0.3, 0.4) is 0 Å². The molecule has 7 heteroatoms. The average molecular weight is 363 g/mol. The normalized spacial score (nSPS) is 16.7. The zero-order valence-electron chi connectivity index (χ0n) is 15.3. The van der Waals surface area contributed by atoms with Gasteiger partial charge >= 0.3 is 0 Å². The molecular weight excluding hydrogens is 342 g/mol. The molecule has 1 aliphatic heterocycles. The SMILES string of the molecule is CC(=O)N[C@@H]1CCN(C(=O)c2cccc(-c3cnc4nc(C)[nH]c4c3)c2)C1. The molecule has 1 fully saturated rings. The number of hydrogen-bond acceptors (Lipinski definition) is 4. The second-order valence-electron chi connectivity index (χ2n) is 6.94. The van der Waals surface area contributed by atoms with Crippen molar-refractivity contribution in [3.05, 3.63) is 47.9 Å². The summed E-state index contributed by atoms with van der Waals surface area (Å²) in [6.07, 6.45) is 2.56. The van der Waals surface area contributed by atoms with Crippen molar-refractivity contribution in [1.29, 1.82) is 0 Å². The second kappa shape index (κ2) is 6.83. The fraction of sp³-hybridized carbons (Fsp3) is 0.300. The van der Waals surface area contributed by atoms with Crippen molar-refractivity contribution in [3.8, 4) is 11.1 Å². The number of fused-ring (bicyclic) bond motifs is 1. The van der Waals surface area contributed by atoms with Crippen LogP contribution in [0, 0.1) is 6.92 Å². The third-order valence-electron chi connectivity index (χ3n) is 4.78. The maximum absolute atomic E-state index is 12.9. The number of nitrogens with zero attached hydrogens (tertiary/aromatic N) is 3. The van der Waals surface area contributed by atoms with E-state index in [-0.39, 0.29) is 17.9 Å². The first-order valence-electron chi connectivity index (χ1n) is 8.99. The molecule has 0 bridgehead atoms. The quantitative estimate of drug-likeness (QED) is 0.747. The van der Waals surface area contributed by atoms with Crippen molar-refractivity contribution in [2.24, 2.45) is 0 Å². The van der Waals surface area contributed by atoms with Gasteiger partial charge in [-0.05, 0) is 37.1 Å². The first-order chi connectivity index (χ1) is 13.0. The average Bonchev–Trinajstić information content (AvgIpc) is 3.25. The molecule has 1 saturated heterocycles. The van der Waals surface area contributed by atoms with Crippen molar-refractivity contribution in [3.63, 3.8) is 0 Å². The number of amides is 2. The minimum Gasteiger partial charge on any atom is -0.352 e. The minimum atomic E-state index is -0.0618. The molecule has 0 spiro atoms. The molecule has 7 nitrogen and oxygen atoms in total. The Balaban J connectivity index is 1.56. The Morgan fingerprint density at radius 1 is 1.26 bits per heavy atom. The van der Waals surface area contributed by atoms with Crippen LogP contribution in [0.1, 0.15) is 29.5 Å². The van der Waals surface area contributed by atoms with Gasteiger partial charge in [-0.15, -0.1) is 0 Å². The topological polar surface area (TPSA) is 91.0 Å². The van der Waals surface area contributed by atoms with Gasteiger partial charge in [0, 0.05) is 43.4 Å². The fourth-order valence-corrected chi connectivity index (χ4v) is 3.54. The minimum absolute atomic E-state index is 0.0175. The van der Waals surface area contributed by atoms with Crippen molar-refractivity contribution in [2.45, 2.75) is 26.3 Å². The summed E-state index contributed by atoms with van der Waals surface area (Å²) in [5, 5.41) is 2.88. The number of aryl methyl sites for hydroxylation is 1. The Morgan fingerprint density at radius 3 is 2.93 bits per heavy atom. The number of carbonyl (C=O) groups excluding carboxylic acids is 2. The number of pyridine rings is 1. The number of nitrogens with one attached hydrogen (secondary N) is 2. The Bertz CT molecular complexity index is 1030. The van der Waals surface area contributed by atoms with Crippen LogP contribution < -0.4 is 5.32 Å². The summed E-state index contributed by atoms with van der Waals surface area (Å²) in [5.41, 5.74) is 4.05. The summed E-state index contributed by atoms with van der Waals surface area (Å²) >= 11 is 0. The number of aromatic nitrogens is 3. The van der Waals surface area contributed by atoms with E-state index < -0.39 is 0 Å². The first-order valence-corrected chi connectivity index (χ1v) is 8.99. The van der Waals surface area contributed by atoms with Gasteiger partial charge in [-0.2, -0.15) is 0 Å². The standard InChI is InChI=1S/C20H21N5O2/c1-12-22-18-9-16(10-21-19(18)23-12)14-4-3-5-15(8-14)20(27)25-7-6-17(11-25)24-13(2)26/h3-5,8-10,17H,6-7,11H2,1-2H3,(H,24,26)(H,21,22,23)/t17-/m1/s1. The lowest BCUT2D eigenvalue weighted by atomic mass is 10.0. The van der Waals surface area contributed by atoms with Crippen molar-refractivity contribution >= 4 is 23.0 Å². The van der Waals surface area contributed by atoms with E-state index >= 15 is 0 Å². The van der Waals surface area contributed by atoms with Gasteiger partial charge in [0.1, 0.15) is 5.82 Å². The molecule has 1 aliphatic rings. The first kappa shape index (κ1) is 17.2. The fourth-order valence-electron chi connectivity index (χ4n) is 3.54. The highest BCUT2D eigenvalue weighted by Gasteiger charge is 2.27. The van der Waals surface area contributed by atoms with Crippen LogP contribution in [0.15, 0.2) is 36.5 Å². The van der Waals surface area contributed by atoms with Gasteiger partial charge in [0.25, 0.3) is 5.91 Å². The molecule has 0 aliphatic carbocycles. The number of rotatable bonds is 3. The van der Waals surface area contributed by atoms with Crippen LogP contribution >= 0.6 is 0 Å². The number of benzene rings is 1. The van der Waals surface area contributed by atoms with Crippen molar-refractivity contribution in [2.75, 3.05) is 13.1 Å². The van der Waals surface area contributed by atoms with Gasteiger partial charge in [-0.3, -0.25) is 9.59 Å². The smallest absolute Gasteiger partial charge is 0.253 e. The number of H-pyrrole nitrogens is 1. The monoisotopic (exact) mass is 363 g/mol. The van der Waals surface area contributed by atoms with Gasteiger partial charge < -0.3 is 15.2 Å². The molecule has 138 valence electrons. The summed E-state index contributed by atoms with van der Waals surface area (Å²) in [6.45, 7) is 4.59. The summed E-state index contributed by atoms with van der Waals surface area (Å²) in [5.74, 6) is 0.741. The number of hydrogen-bond donors (Lipinski definition) is 2. The van der Waals surface area contributed by atoms with Gasteiger partial charge in [0.15, 0.2) is 5.65 Å². The van der Waals surface area contributed by atoms with E-state index in [1.165, 1.54) is 6.92 Å². The largest absolute Gasteiger partial charge is 0.352 e. The van der Waals surface area contributed by atoms with E-state index in [4.69, 9.17) is 0 Å². The molecule has 3 aromatic rings. The summed E-state index contributed by atoms with van der Waals surface area (Å²) in [6, 6.07) is 9.59. The highest BCUT2D eigenvalue weighted by molar-refractivity contribution is 5.96. The molecule has 27 heavy (non-hydrogen) atoms. The predicted molar refractivity (Wildman–Crippen MR) is 102 cm³/mol. The van der Waals surface area contributed by atoms with Gasteiger partial charge in [-0.25, -0.2) is 9.97 Å². The summed E-state index contributed by atoms with van der Waals surface area (Å²) in [7, 11) is 0. The maximum Gasteiger partial charge on any atom is 0.253 e. The molecule has 0 saturated carbocycles. The highest BCUT2D eigenvalue weighted by Crippen LogP contribution is 2.24. The number of carbonyl (C=O) groups is 2. The molecule has 2 amide bonds. The molecule has 2 aromatic heterocycles. The molecule has 0 radical (unpaired) electrons. The van der Waals surface area contributed by atoms with Crippen LogP contribution in [0.25, 0.3) is 22.3 Å². The Kier molecular flexibility index (Phi) is 4.35. The lowest BCUT2D eigenvalue weighted by molar-refractivity contribution is -0.119. The van der Waals surface area contributed by atoms with E-state index in [9.17, 15) is 9.59 Å². The molecular formula is C20H21N5O2. The Labute approximate surface area is 156 Å². The van der Waals surface area contributed by atoms with Crippen molar-refractivity contribution in [1.82, 2.24) is 25.2 Å². The van der Waals surface area contributed by atoms with Crippen LogP contribution in [-0.4, -0.2) is 50.8 Å².